The van der Waals surface area contributed by atoms with Crippen molar-refractivity contribution >= 4 is 18.8 Å². The van der Waals surface area contributed by atoms with E-state index >= 15 is 0 Å². The Kier molecular flexibility index (Phi) is 7.92. The second-order valence-corrected chi connectivity index (χ2v) is 9.19. The molecule has 174 valence electrons. The molecule has 1 N–H and O–H groups in total. The van der Waals surface area contributed by atoms with E-state index in [2.05, 4.69) is 15.0 Å². The molecule has 1 aliphatic heterocycles. The molecule has 0 unspecified atom stereocenters. The molecule has 2 aromatic heterocycles. The van der Waals surface area contributed by atoms with E-state index in [1.807, 2.05) is 0 Å². The highest BCUT2D eigenvalue weighted by atomic mass is 31.2. The van der Waals surface area contributed by atoms with Crippen LogP contribution in [0.15, 0.2) is 17.4 Å². The molecular formula is C18H27F2N4O6P. The molecule has 0 radical (unpaired) electrons. The summed E-state index contributed by atoms with van der Waals surface area (Å²) in [6, 6.07) is 0. The van der Waals surface area contributed by atoms with E-state index in [-0.39, 0.29) is 56.3 Å². The van der Waals surface area contributed by atoms with Crippen molar-refractivity contribution in [3.8, 4) is 0 Å². The summed E-state index contributed by atoms with van der Waals surface area (Å²) in [7, 11) is -4.50. The highest BCUT2D eigenvalue weighted by Crippen LogP contribution is 2.63. The number of hydrogen-bond donors (Lipinski definition) is 1. The Bertz CT molecular complexity index is 958. The minimum absolute atomic E-state index is 0.00780. The lowest BCUT2D eigenvalue weighted by molar-refractivity contribution is -0.0431. The van der Waals surface area contributed by atoms with Gasteiger partial charge >= 0.3 is 13.3 Å². The fourth-order valence-electron chi connectivity index (χ4n) is 3.39. The number of ether oxygens (including phenoxy) is 2. The minimum atomic E-state index is -4.50. The van der Waals surface area contributed by atoms with E-state index in [9.17, 15) is 18.1 Å². The van der Waals surface area contributed by atoms with E-state index in [1.54, 1.807) is 4.57 Å². The largest absolute Gasteiger partial charge is 0.399 e. The molecule has 10 nitrogen and oxygen atoms in total. The second kappa shape index (κ2) is 10.3. The topological polar surface area (TPSA) is 118 Å². The molecule has 0 aliphatic carbocycles. The molecule has 13 heteroatoms. The number of fused-ring (bicyclic) bond motifs is 1. The van der Waals surface area contributed by atoms with Gasteiger partial charge in [-0.2, -0.15) is 8.78 Å². The summed E-state index contributed by atoms with van der Waals surface area (Å²) < 4.78 is 63.5. The maximum Gasteiger partial charge on any atom is 0.399 e. The summed E-state index contributed by atoms with van der Waals surface area (Å²) in [6.45, 7) is 3.01. The van der Waals surface area contributed by atoms with Gasteiger partial charge in [0.05, 0.1) is 38.6 Å². The molecule has 0 aromatic carbocycles. The van der Waals surface area contributed by atoms with E-state index in [4.69, 9.17) is 18.5 Å². The molecule has 31 heavy (non-hydrogen) atoms. The maximum atomic E-state index is 14.3. The summed E-state index contributed by atoms with van der Waals surface area (Å²) in [5, 5.41) is 0. The lowest BCUT2D eigenvalue weighted by atomic mass is 10.2. The Morgan fingerprint density at radius 3 is 2.74 bits per heavy atom. The van der Waals surface area contributed by atoms with Gasteiger partial charge in [-0.3, -0.25) is 13.9 Å². The molecule has 0 saturated carbocycles. The molecule has 3 rings (SSSR count). The highest BCUT2D eigenvalue weighted by molar-refractivity contribution is 7.55. The van der Waals surface area contributed by atoms with Crippen LogP contribution in [0.2, 0.25) is 0 Å². The molecule has 1 aliphatic rings. The van der Waals surface area contributed by atoms with Gasteiger partial charge in [-0.1, -0.05) is 0 Å². The van der Waals surface area contributed by atoms with Gasteiger partial charge in [0.15, 0.2) is 11.2 Å². The number of alkyl halides is 2. The monoisotopic (exact) mass is 464 g/mol. The molecule has 1 fully saturated rings. The number of nitrogens with zero attached hydrogens (tertiary/aromatic N) is 3. The molecule has 0 amide bonds. The van der Waals surface area contributed by atoms with Crippen LogP contribution in [0.5, 0.6) is 0 Å². The van der Waals surface area contributed by atoms with Gasteiger partial charge in [-0.05, 0) is 33.1 Å². The zero-order valence-electron chi connectivity index (χ0n) is 17.5. The fraction of sp³-hybridized carbons (Fsp3) is 0.722. The van der Waals surface area contributed by atoms with Crippen molar-refractivity contribution in [1.82, 2.24) is 19.5 Å². The number of H-pyrrole nitrogens is 1. The number of halogens is 2. The maximum absolute atomic E-state index is 14.3. The Balaban J connectivity index is 1.44. The Morgan fingerprint density at radius 2 is 2.03 bits per heavy atom. The zero-order valence-corrected chi connectivity index (χ0v) is 18.4. The molecule has 2 atom stereocenters. The first kappa shape index (κ1) is 23.9. The molecule has 0 spiro atoms. The Morgan fingerprint density at radius 1 is 1.29 bits per heavy atom. The average molecular weight is 464 g/mol. The first-order chi connectivity index (χ1) is 14.8. The average Bonchev–Trinajstić information content (AvgIpc) is 3.35. The SMILES string of the molecule is CCOP(=O)(OCC)C(F)(F)CCCOC[C@@H]1CC[C@H](n2cnc3c(=O)[nH]cnc32)O1. The number of nitrogens with one attached hydrogen (secondary N) is 1. The summed E-state index contributed by atoms with van der Waals surface area (Å²) >= 11 is 0. The van der Waals surface area contributed by atoms with Crippen LogP contribution in [0.3, 0.4) is 0 Å². The first-order valence-corrected chi connectivity index (χ1v) is 11.8. The van der Waals surface area contributed by atoms with Crippen LogP contribution in [0.25, 0.3) is 11.2 Å². The van der Waals surface area contributed by atoms with Crippen LogP contribution in [-0.4, -0.2) is 57.7 Å². The highest BCUT2D eigenvalue weighted by Gasteiger charge is 2.52. The van der Waals surface area contributed by atoms with Crippen LogP contribution in [-0.2, 0) is 23.1 Å². The Hall–Kier alpha value is -1.72. The molecule has 2 aromatic rings. The van der Waals surface area contributed by atoms with Crippen molar-refractivity contribution < 1.29 is 31.9 Å². The molecule has 0 bridgehead atoms. The summed E-state index contributed by atoms with van der Waals surface area (Å²) in [5.74, 6) is 0. The fourth-order valence-corrected chi connectivity index (χ4v) is 4.96. The van der Waals surface area contributed by atoms with Crippen LogP contribution < -0.4 is 5.56 Å². The van der Waals surface area contributed by atoms with Gasteiger partial charge in [0.25, 0.3) is 5.56 Å². The van der Waals surface area contributed by atoms with Gasteiger partial charge in [0.2, 0.25) is 0 Å². The summed E-state index contributed by atoms with van der Waals surface area (Å²) in [5.41, 5.74) is -3.23. The molecule has 1 saturated heterocycles. The number of hydrogen-bond acceptors (Lipinski definition) is 8. The number of imidazole rings is 1. The number of rotatable bonds is 12. The van der Waals surface area contributed by atoms with Crippen molar-refractivity contribution in [2.45, 2.75) is 57.5 Å². The van der Waals surface area contributed by atoms with Crippen molar-refractivity contribution in [2.75, 3.05) is 26.4 Å². The van der Waals surface area contributed by atoms with Crippen molar-refractivity contribution in [2.24, 2.45) is 0 Å². The zero-order chi connectivity index (χ0) is 22.5. The quantitative estimate of drug-likeness (QED) is 0.375. The van der Waals surface area contributed by atoms with Crippen LogP contribution in [0.4, 0.5) is 8.78 Å². The third-order valence-corrected chi connectivity index (χ3v) is 7.05. The predicted molar refractivity (Wildman–Crippen MR) is 107 cm³/mol. The molecular weight excluding hydrogens is 437 g/mol. The van der Waals surface area contributed by atoms with Gasteiger partial charge < -0.3 is 23.5 Å². The van der Waals surface area contributed by atoms with E-state index in [0.29, 0.717) is 18.5 Å². The van der Waals surface area contributed by atoms with E-state index in [0.717, 1.165) is 0 Å². The smallest absolute Gasteiger partial charge is 0.379 e. The third kappa shape index (κ3) is 5.38. The van der Waals surface area contributed by atoms with Crippen LogP contribution >= 0.6 is 7.60 Å². The lowest BCUT2D eigenvalue weighted by Crippen LogP contribution is -2.22. The number of aromatic nitrogens is 4. The molecule has 3 heterocycles. The van der Waals surface area contributed by atoms with Crippen molar-refractivity contribution in [1.29, 1.82) is 0 Å². The van der Waals surface area contributed by atoms with Gasteiger partial charge in [0, 0.05) is 13.0 Å². The van der Waals surface area contributed by atoms with Crippen molar-refractivity contribution in [3.05, 3.63) is 23.0 Å². The summed E-state index contributed by atoms with van der Waals surface area (Å²) in [6.07, 6.45) is 2.97. The van der Waals surface area contributed by atoms with Crippen molar-refractivity contribution in [3.63, 3.8) is 0 Å². The van der Waals surface area contributed by atoms with Gasteiger partial charge in [-0.25, -0.2) is 9.97 Å². The third-order valence-electron chi connectivity index (χ3n) is 4.83. The summed E-state index contributed by atoms with van der Waals surface area (Å²) in [4.78, 5) is 22.5. The second-order valence-electron chi connectivity index (χ2n) is 7.02. The van der Waals surface area contributed by atoms with Gasteiger partial charge in [-0.15, -0.1) is 0 Å². The van der Waals surface area contributed by atoms with Crippen LogP contribution in [0.1, 0.15) is 45.8 Å². The number of aromatic amines is 1. The normalized spacial score (nSPS) is 20.0. The lowest BCUT2D eigenvalue weighted by Gasteiger charge is -2.25. The van der Waals surface area contributed by atoms with Gasteiger partial charge in [0.1, 0.15) is 6.23 Å². The van der Waals surface area contributed by atoms with Crippen LogP contribution in [0, 0.1) is 0 Å². The minimum Gasteiger partial charge on any atom is -0.379 e. The first-order valence-electron chi connectivity index (χ1n) is 10.2. The Labute approximate surface area is 177 Å². The predicted octanol–water partition coefficient (Wildman–Crippen LogP) is 3.45. The standard InChI is InChI=1S/C18H27F2N4O6P/c1-3-28-31(26,29-4-2)18(19,20)8-5-9-27-10-13-6-7-14(30-13)24-12-23-15-16(24)21-11-22-17(15)25/h11-14H,3-10H2,1-2H3,(H,21,22,25)/t13-,14+/m0/s1. The van der Waals surface area contributed by atoms with E-state index < -0.39 is 19.7 Å². The van der Waals surface area contributed by atoms with E-state index in [1.165, 1.54) is 26.5 Å².